The highest BCUT2D eigenvalue weighted by Gasteiger charge is 2.50. The smallest absolute Gasteiger partial charge is 0.325 e. The molecule has 4 amide bonds. The lowest BCUT2D eigenvalue weighted by atomic mass is 9.91. The van der Waals surface area contributed by atoms with Gasteiger partial charge in [0.25, 0.3) is 5.91 Å². The standard InChI is InChI=1S/C26H30N4O7S/c1-26(20-8-9-21-22(16-20)37-15-5-14-36-21)24(32)30(25(33)27-26)17-23(31)28-10-12-29(13-11-28)38(34,35)18-19-6-3-2-4-7-19/h2-4,6-9,16H,5,10-15,17-18H2,1H3,(H,27,33)/t26-/m1/s1. The molecular weight excluding hydrogens is 512 g/mol. The van der Waals surface area contributed by atoms with Crippen LogP contribution in [0.2, 0.25) is 0 Å². The number of nitrogens with zero attached hydrogens (tertiary/aromatic N) is 3. The van der Waals surface area contributed by atoms with E-state index in [0.717, 1.165) is 11.3 Å². The number of ether oxygens (including phenoxy) is 2. The zero-order valence-corrected chi connectivity index (χ0v) is 21.9. The number of piperazine rings is 1. The summed E-state index contributed by atoms with van der Waals surface area (Å²) < 4.78 is 38.4. The van der Waals surface area contributed by atoms with Crippen LogP contribution in [0.25, 0.3) is 0 Å². The van der Waals surface area contributed by atoms with Gasteiger partial charge in [-0.15, -0.1) is 0 Å². The SMILES string of the molecule is C[C@]1(c2ccc3c(c2)OCCCO3)NC(=O)N(CC(=O)N2CCN(S(=O)(=O)Cc3ccccc3)CC2)C1=O. The number of fused-ring (bicyclic) bond motifs is 1. The summed E-state index contributed by atoms with van der Waals surface area (Å²) in [5.41, 5.74) is -0.153. The molecule has 0 radical (unpaired) electrons. The predicted octanol–water partition coefficient (Wildman–Crippen LogP) is 1.29. The molecule has 202 valence electrons. The topological polar surface area (TPSA) is 126 Å². The maximum absolute atomic E-state index is 13.4. The van der Waals surface area contributed by atoms with Crippen molar-refractivity contribution in [2.75, 3.05) is 45.9 Å². The van der Waals surface area contributed by atoms with E-state index in [9.17, 15) is 22.8 Å². The Balaban J connectivity index is 1.21. The van der Waals surface area contributed by atoms with Gasteiger partial charge in [-0.2, -0.15) is 4.31 Å². The van der Waals surface area contributed by atoms with Crippen molar-refractivity contribution in [3.8, 4) is 11.5 Å². The van der Waals surface area contributed by atoms with Crippen LogP contribution in [0.4, 0.5) is 4.79 Å². The molecule has 12 heteroatoms. The number of urea groups is 1. The third-order valence-corrected chi connectivity index (χ3v) is 8.92. The van der Waals surface area contributed by atoms with Gasteiger partial charge in [0.15, 0.2) is 11.5 Å². The number of benzene rings is 2. The summed E-state index contributed by atoms with van der Waals surface area (Å²) in [6.45, 7) is 2.82. The van der Waals surface area contributed by atoms with Crippen LogP contribution in [0.5, 0.6) is 11.5 Å². The van der Waals surface area contributed by atoms with Gasteiger partial charge in [0.2, 0.25) is 15.9 Å². The average Bonchev–Trinajstić information content (AvgIpc) is 3.06. The molecule has 3 aliphatic rings. The number of nitrogens with one attached hydrogen (secondary N) is 1. The van der Waals surface area contributed by atoms with Gasteiger partial charge in [-0.3, -0.25) is 14.5 Å². The van der Waals surface area contributed by atoms with Crippen molar-refractivity contribution in [2.45, 2.75) is 24.6 Å². The van der Waals surface area contributed by atoms with E-state index in [1.807, 2.05) is 6.07 Å². The van der Waals surface area contributed by atoms with Crippen molar-refractivity contribution >= 4 is 27.9 Å². The highest BCUT2D eigenvalue weighted by atomic mass is 32.2. The van der Waals surface area contributed by atoms with Crippen LogP contribution in [0, 0.1) is 0 Å². The number of amides is 4. The molecule has 2 aromatic rings. The largest absolute Gasteiger partial charge is 0.490 e. The maximum atomic E-state index is 13.4. The third-order valence-electron chi connectivity index (χ3n) is 7.07. The number of imide groups is 1. The summed E-state index contributed by atoms with van der Waals surface area (Å²) in [7, 11) is -3.53. The Labute approximate surface area is 221 Å². The first-order valence-corrected chi connectivity index (χ1v) is 14.1. The Kier molecular flexibility index (Phi) is 7.01. The fraction of sp³-hybridized carbons (Fsp3) is 0.423. The van der Waals surface area contributed by atoms with Gasteiger partial charge in [0.05, 0.1) is 19.0 Å². The lowest BCUT2D eigenvalue weighted by Gasteiger charge is -2.34. The van der Waals surface area contributed by atoms with Gasteiger partial charge >= 0.3 is 6.03 Å². The summed E-state index contributed by atoms with van der Waals surface area (Å²) in [5, 5.41) is 2.71. The van der Waals surface area contributed by atoms with Crippen molar-refractivity contribution < 1.29 is 32.3 Å². The second kappa shape index (κ2) is 10.3. The first-order chi connectivity index (χ1) is 18.2. The van der Waals surface area contributed by atoms with E-state index < -0.39 is 40.0 Å². The summed E-state index contributed by atoms with van der Waals surface area (Å²) in [6.07, 6.45) is 0.736. The molecule has 0 aromatic heterocycles. The molecule has 1 atom stereocenters. The van der Waals surface area contributed by atoms with Crippen molar-refractivity contribution in [2.24, 2.45) is 0 Å². The molecule has 3 aliphatic heterocycles. The molecule has 2 fully saturated rings. The molecule has 0 bridgehead atoms. The number of hydrogen-bond acceptors (Lipinski definition) is 7. The van der Waals surface area contributed by atoms with Crippen molar-refractivity contribution in [1.82, 2.24) is 19.4 Å². The Bertz CT molecular complexity index is 1340. The van der Waals surface area contributed by atoms with Gasteiger partial charge in [-0.05, 0) is 30.2 Å². The fourth-order valence-electron chi connectivity index (χ4n) is 4.84. The zero-order chi connectivity index (χ0) is 26.9. The monoisotopic (exact) mass is 542 g/mol. The second-order valence-electron chi connectivity index (χ2n) is 9.68. The van der Waals surface area contributed by atoms with Crippen LogP contribution in [-0.2, 0) is 30.9 Å². The van der Waals surface area contributed by atoms with Crippen LogP contribution in [0.3, 0.4) is 0 Å². The van der Waals surface area contributed by atoms with Gasteiger partial charge in [-0.25, -0.2) is 13.2 Å². The number of hydrogen-bond donors (Lipinski definition) is 1. The van der Waals surface area contributed by atoms with E-state index in [-0.39, 0.29) is 31.9 Å². The number of carbonyl (C=O) groups is 3. The first kappa shape index (κ1) is 26.0. The van der Waals surface area contributed by atoms with Crippen LogP contribution in [-0.4, -0.2) is 86.3 Å². The minimum atomic E-state index is -3.53. The van der Waals surface area contributed by atoms with E-state index in [0.29, 0.717) is 35.8 Å². The Morgan fingerprint density at radius 1 is 0.974 bits per heavy atom. The molecule has 0 aliphatic carbocycles. The molecule has 1 N–H and O–H groups in total. The highest BCUT2D eigenvalue weighted by molar-refractivity contribution is 7.88. The Morgan fingerprint density at radius 2 is 1.66 bits per heavy atom. The quantitative estimate of drug-likeness (QED) is 0.545. The summed E-state index contributed by atoms with van der Waals surface area (Å²) in [5.74, 6) is -0.00438. The first-order valence-electron chi connectivity index (χ1n) is 12.5. The lowest BCUT2D eigenvalue weighted by molar-refractivity contribution is -0.139. The molecule has 0 saturated carbocycles. The Morgan fingerprint density at radius 3 is 2.37 bits per heavy atom. The maximum Gasteiger partial charge on any atom is 0.325 e. The minimum Gasteiger partial charge on any atom is -0.490 e. The molecule has 0 unspecified atom stereocenters. The number of sulfonamides is 1. The third kappa shape index (κ3) is 5.05. The van der Waals surface area contributed by atoms with Crippen LogP contribution in [0.15, 0.2) is 48.5 Å². The fourth-order valence-corrected chi connectivity index (χ4v) is 6.35. The molecule has 2 saturated heterocycles. The Hall–Kier alpha value is -3.64. The molecular formula is C26H30N4O7S. The van der Waals surface area contributed by atoms with Crippen molar-refractivity contribution in [1.29, 1.82) is 0 Å². The van der Waals surface area contributed by atoms with Crippen LogP contribution < -0.4 is 14.8 Å². The molecule has 0 spiro atoms. The van der Waals surface area contributed by atoms with E-state index >= 15 is 0 Å². The molecule has 5 rings (SSSR count). The van der Waals surface area contributed by atoms with Crippen LogP contribution >= 0.6 is 0 Å². The summed E-state index contributed by atoms with van der Waals surface area (Å²) in [6, 6.07) is 13.3. The van der Waals surface area contributed by atoms with E-state index in [1.165, 1.54) is 9.21 Å². The minimum absolute atomic E-state index is 0.108. The number of rotatable bonds is 6. The van der Waals surface area contributed by atoms with E-state index in [1.54, 1.807) is 49.4 Å². The summed E-state index contributed by atoms with van der Waals surface area (Å²) in [4.78, 5) is 41.5. The van der Waals surface area contributed by atoms with Gasteiger partial charge in [0, 0.05) is 32.6 Å². The second-order valence-corrected chi connectivity index (χ2v) is 11.6. The van der Waals surface area contributed by atoms with Crippen molar-refractivity contribution in [3.05, 3.63) is 59.7 Å². The molecule has 38 heavy (non-hydrogen) atoms. The average molecular weight is 543 g/mol. The van der Waals surface area contributed by atoms with Gasteiger partial charge in [0.1, 0.15) is 12.1 Å². The van der Waals surface area contributed by atoms with E-state index in [4.69, 9.17) is 9.47 Å². The van der Waals surface area contributed by atoms with Gasteiger partial charge in [-0.1, -0.05) is 36.4 Å². The molecule has 2 aromatic carbocycles. The highest BCUT2D eigenvalue weighted by Crippen LogP contribution is 2.36. The van der Waals surface area contributed by atoms with Crippen LogP contribution in [0.1, 0.15) is 24.5 Å². The lowest BCUT2D eigenvalue weighted by Crippen LogP contribution is -2.53. The zero-order valence-electron chi connectivity index (χ0n) is 21.1. The van der Waals surface area contributed by atoms with E-state index in [2.05, 4.69) is 5.32 Å². The predicted molar refractivity (Wildman–Crippen MR) is 137 cm³/mol. The number of carbonyl (C=O) groups excluding carboxylic acids is 3. The summed E-state index contributed by atoms with van der Waals surface area (Å²) >= 11 is 0. The van der Waals surface area contributed by atoms with Crippen molar-refractivity contribution in [3.63, 3.8) is 0 Å². The molecule has 3 heterocycles. The normalized spacial score (nSPS) is 22.2. The molecule has 11 nitrogen and oxygen atoms in total. The van der Waals surface area contributed by atoms with Gasteiger partial charge < -0.3 is 19.7 Å².